The average Bonchev–Trinajstić information content (AvgIpc) is 2.84. The maximum absolute atomic E-state index is 11.8. The summed E-state index contributed by atoms with van der Waals surface area (Å²) < 4.78 is 10.8. The van der Waals surface area contributed by atoms with E-state index in [1.54, 1.807) is 0 Å². The number of unbranched alkanes of at least 4 members (excludes halogenated alkanes) is 1. The average molecular weight is 210 g/mol. The summed E-state index contributed by atoms with van der Waals surface area (Å²) in [5, 5.41) is 0. The molecule has 0 aromatic rings. The van der Waals surface area contributed by atoms with Gasteiger partial charge in [0.1, 0.15) is 0 Å². The van der Waals surface area contributed by atoms with E-state index in [0.717, 1.165) is 19.3 Å². The van der Waals surface area contributed by atoms with Gasteiger partial charge in [-0.05, 0) is 25.2 Å². The van der Waals surface area contributed by atoms with Crippen molar-refractivity contribution in [3.63, 3.8) is 0 Å². The molecule has 3 aliphatic rings. The summed E-state index contributed by atoms with van der Waals surface area (Å²) in [6.07, 6.45) is 5.19. The highest BCUT2D eigenvalue weighted by atomic mass is 16.6. The minimum Gasteiger partial charge on any atom is -0.465 e. The lowest BCUT2D eigenvalue weighted by Crippen LogP contribution is -2.27. The molecule has 3 heteroatoms. The van der Waals surface area contributed by atoms with Gasteiger partial charge in [0.25, 0.3) is 0 Å². The summed E-state index contributed by atoms with van der Waals surface area (Å²) in [5.74, 6) is 1.32. The number of carbonyl (C=O) groups is 1. The topological polar surface area (TPSA) is 38.8 Å². The maximum atomic E-state index is 11.8. The number of hydrogen-bond acceptors (Lipinski definition) is 3. The van der Waals surface area contributed by atoms with Crippen molar-refractivity contribution in [1.82, 2.24) is 0 Å². The molecule has 1 saturated heterocycles. The second-order valence-corrected chi connectivity index (χ2v) is 5.09. The van der Waals surface area contributed by atoms with Crippen molar-refractivity contribution in [3.8, 4) is 0 Å². The zero-order valence-corrected chi connectivity index (χ0v) is 9.15. The molecule has 3 rings (SSSR count). The molecule has 2 aliphatic carbocycles. The summed E-state index contributed by atoms with van der Waals surface area (Å²) in [6.45, 7) is 2.70. The Kier molecular flexibility index (Phi) is 2.23. The summed E-state index contributed by atoms with van der Waals surface area (Å²) >= 11 is 0. The van der Waals surface area contributed by atoms with Crippen LogP contribution in [0.15, 0.2) is 0 Å². The van der Waals surface area contributed by atoms with Gasteiger partial charge in [0.15, 0.2) is 0 Å². The Morgan fingerprint density at radius 1 is 1.40 bits per heavy atom. The number of epoxide rings is 1. The Hall–Kier alpha value is -0.570. The van der Waals surface area contributed by atoms with Crippen LogP contribution >= 0.6 is 0 Å². The highest BCUT2D eigenvalue weighted by Gasteiger charge is 2.64. The van der Waals surface area contributed by atoms with Crippen LogP contribution in [0, 0.1) is 17.8 Å². The highest BCUT2D eigenvalue weighted by molar-refractivity contribution is 5.74. The van der Waals surface area contributed by atoms with E-state index < -0.39 is 0 Å². The number of rotatable bonds is 4. The Labute approximate surface area is 90.1 Å². The van der Waals surface area contributed by atoms with Gasteiger partial charge in [-0.15, -0.1) is 0 Å². The monoisotopic (exact) mass is 210 g/mol. The molecule has 0 aromatic heterocycles. The number of carbonyl (C=O) groups excluding carboxylic acids is 1. The largest absolute Gasteiger partial charge is 0.465 e. The maximum Gasteiger partial charge on any atom is 0.309 e. The molecule has 15 heavy (non-hydrogen) atoms. The van der Waals surface area contributed by atoms with Gasteiger partial charge in [0.05, 0.1) is 24.7 Å². The van der Waals surface area contributed by atoms with Crippen molar-refractivity contribution < 1.29 is 14.3 Å². The second-order valence-electron chi connectivity index (χ2n) is 5.09. The Morgan fingerprint density at radius 2 is 2.27 bits per heavy atom. The molecular formula is C12H18O3. The van der Waals surface area contributed by atoms with Gasteiger partial charge in [0, 0.05) is 5.92 Å². The first-order valence-corrected chi connectivity index (χ1v) is 6.13. The van der Waals surface area contributed by atoms with E-state index in [1.807, 2.05) is 0 Å². The third-order valence-corrected chi connectivity index (χ3v) is 4.14. The normalized spacial score (nSPS) is 45.3. The predicted octanol–water partition coefficient (Wildman–Crippen LogP) is 1.75. The van der Waals surface area contributed by atoms with E-state index in [9.17, 15) is 4.79 Å². The molecule has 1 aliphatic heterocycles. The van der Waals surface area contributed by atoms with E-state index >= 15 is 0 Å². The van der Waals surface area contributed by atoms with Crippen LogP contribution in [0.25, 0.3) is 0 Å². The summed E-state index contributed by atoms with van der Waals surface area (Å²) in [7, 11) is 0. The highest BCUT2D eigenvalue weighted by Crippen LogP contribution is 2.58. The Bertz CT molecular complexity index is 276. The van der Waals surface area contributed by atoms with Gasteiger partial charge in [-0.2, -0.15) is 0 Å². The van der Waals surface area contributed by atoms with Crippen LogP contribution in [0.2, 0.25) is 0 Å². The summed E-state index contributed by atoms with van der Waals surface area (Å²) in [6, 6.07) is 0. The SMILES string of the molecule is CCCCOC(=O)[C@@H]1C[C@H]2C[C@@H]1[C@H]1O[C@H]21. The first-order chi connectivity index (χ1) is 7.31. The van der Waals surface area contributed by atoms with Crippen molar-refractivity contribution >= 4 is 5.97 Å². The van der Waals surface area contributed by atoms with E-state index in [0.29, 0.717) is 30.7 Å². The van der Waals surface area contributed by atoms with Crippen LogP contribution in [0.3, 0.4) is 0 Å². The van der Waals surface area contributed by atoms with E-state index in [-0.39, 0.29) is 11.9 Å². The van der Waals surface area contributed by atoms with Crippen LogP contribution in [0.1, 0.15) is 32.6 Å². The fourth-order valence-electron chi connectivity index (χ4n) is 3.30. The van der Waals surface area contributed by atoms with Crippen molar-refractivity contribution in [1.29, 1.82) is 0 Å². The fourth-order valence-corrected chi connectivity index (χ4v) is 3.30. The smallest absolute Gasteiger partial charge is 0.309 e. The van der Waals surface area contributed by atoms with Gasteiger partial charge >= 0.3 is 5.97 Å². The molecule has 0 amide bonds. The van der Waals surface area contributed by atoms with Crippen LogP contribution < -0.4 is 0 Å². The minimum atomic E-state index is 0.0323. The molecule has 5 atom stereocenters. The number of ether oxygens (including phenoxy) is 2. The van der Waals surface area contributed by atoms with Crippen molar-refractivity contribution in [3.05, 3.63) is 0 Å². The van der Waals surface area contributed by atoms with E-state index in [2.05, 4.69) is 6.92 Å². The standard InChI is InChI=1S/C12H18O3/c1-2-3-4-14-12(13)9-6-7-5-8(9)11-10(7)15-11/h7-11H,2-6H2,1H3/t7-,8+,9-,10-,11-/m1/s1. The predicted molar refractivity (Wildman–Crippen MR) is 54.2 cm³/mol. The van der Waals surface area contributed by atoms with Gasteiger partial charge in [-0.1, -0.05) is 13.3 Å². The Morgan fingerprint density at radius 3 is 2.93 bits per heavy atom. The van der Waals surface area contributed by atoms with Gasteiger partial charge in [-0.3, -0.25) is 4.79 Å². The van der Waals surface area contributed by atoms with Crippen LogP contribution in [0.4, 0.5) is 0 Å². The lowest BCUT2D eigenvalue weighted by molar-refractivity contribution is -0.150. The minimum absolute atomic E-state index is 0.0323. The Balaban J connectivity index is 1.53. The summed E-state index contributed by atoms with van der Waals surface area (Å²) in [4.78, 5) is 11.8. The second kappa shape index (κ2) is 3.48. The van der Waals surface area contributed by atoms with Crippen LogP contribution in [-0.2, 0) is 14.3 Å². The van der Waals surface area contributed by atoms with Crippen molar-refractivity contribution in [2.75, 3.05) is 6.61 Å². The first-order valence-electron chi connectivity index (χ1n) is 6.13. The summed E-state index contributed by atoms with van der Waals surface area (Å²) in [5.41, 5.74) is 0. The lowest BCUT2D eigenvalue weighted by Gasteiger charge is -2.17. The fraction of sp³-hybridized carbons (Fsp3) is 0.917. The molecular weight excluding hydrogens is 192 g/mol. The van der Waals surface area contributed by atoms with Gasteiger partial charge < -0.3 is 9.47 Å². The molecule has 0 aromatic carbocycles. The number of fused-ring (bicyclic) bond motifs is 5. The molecule has 0 N–H and O–H groups in total. The molecule has 0 radical (unpaired) electrons. The van der Waals surface area contributed by atoms with E-state index in [1.165, 1.54) is 6.42 Å². The molecule has 1 heterocycles. The van der Waals surface area contributed by atoms with Crippen LogP contribution in [-0.4, -0.2) is 24.8 Å². The zero-order valence-electron chi connectivity index (χ0n) is 9.15. The third kappa shape index (κ3) is 1.48. The lowest BCUT2D eigenvalue weighted by atomic mass is 9.89. The first kappa shape index (κ1) is 9.64. The molecule has 3 fully saturated rings. The molecule has 0 spiro atoms. The number of hydrogen-bond donors (Lipinski definition) is 0. The van der Waals surface area contributed by atoms with Gasteiger partial charge in [0.2, 0.25) is 0 Å². The van der Waals surface area contributed by atoms with E-state index in [4.69, 9.17) is 9.47 Å². The molecule has 3 nitrogen and oxygen atoms in total. The van der Waals surface area contributed by atoms with Crippen LogP contribution in [0.5, 0.6) is 0 Å². The van der Waals surface area contributed by atoms with Crippen molar-refractivity contribution in [2.45, 2.75) is 44.8 Å². The number of esters is 1. The zero-order chi connectivity index (χ0) is 10.4. The third-order valence-electron chi connectivity index (χ3n) is 4.14. The molecule has 0 unspecified atom stereocenters. The molecule has 2 saturated carbocycles. The molecule has 84 valence electrons. The quantitative estimate of drug-likeness (QED) is 0.403. The molecule has 2 bridgehead atoms. The van der Waals surface area contributed by atoms with Gasteiger partial charge in [-0.25, -0.2) is 0 Å². The van der Waals surface area contributed by atoms with Crippen molar-refractivity contribution in [2.24, 2.45) is 17.8 Å².